The van der Waals surface area contributed by atoms with E-state index in [2.05, 4.69) is 10.2 Å². The Morgan fingerprint density at radius 2 is 1.94 bits per heavy atom. The fraction of sp³-hybridized carbons (Fsp3) is 0.320. The van der Waals surface area contributed by atoms with E-state index in [1.807, 2.05) is 53.3 Å². The van der Waals surface area contributed by atoms with Crippen LogP contribution in [0, 0.1) is 12.8 Å². The Hall–Kier alpha value is -2.97. The van der Waals surface area contributed by atoms with Gasteiger partial charge in [-0.2, -0.15) is 0 Å². The number of benzene rings is 1. The van der Waals surface area contributed by atoms with Gasteiger partial charge in [-0.05, 0) is 43.1 Å². The zero-order valence-corrected chi connectivity index (χ0v) is 20.2. The minimum atomic E-state index is -0.388. The first-order chi connectivity index (χ1) is 15.9. The van der Waals surface area contributed by atoms with Crippen LogP contribution in [0.4, 0.5) is 5.00 Å². The van der Waals surface area contributed by atoms with Crippen molar-refractivity contribution in [3.63, 3.8) is 0 Å². The lowest BCUT2D eigenvalue weighted by atomic mass is 9.83. The first-order valence-corrected chi connectivity index (χ1v) is 12.3. The van der Waals surface area contributed by atoms with Crippen LogP contribution in [0.3, 0.4) is 0 Å². The molecule has 170 valence electrons. The van der Waals surface area contributed by atoms with Crippen LogP contribution in [0.25, 0.3) is 11.1 Å². The number of fused-ring (bicyclic) bond motifs is 4. The van der Waals surface area contributed by atoms with Crippen molar-refractivity contribution in [1.82, 2.24) is 9.47 Å². The molecular weight excluding hydrogens is 454 g/mol. The highest BCUT2D eigenvalue weighted by atomic mass is 32.1. The van der Waals surface area contributed by atoms with Crippen molar-refractivity contribution in [3.8, 4) is 11.1 Å². The van der Waals surface area contributed by atoms with E-state index in [4.69, 9.17) is 17.0 Å². The summed E-state index contributed by atoms with van der Waals surface area (Å²) in [5, 5.41) is 6.58. The number of ether oxygens (including phenoxy) is 1. The number of nitrogens with one attached hydrogen (secondary N) is 1. The molecule has 6 nitrogen and oxygen atoms in total. The Morgan fingerprint density at radius 1 is 1.15 bits per heavy atom. The molecule has 33 heavy (non-hydrogen) atoms. The van der Waals surface area contributed by atoms with Gasteiger partial charge in [-0.1, -0.05) is 35.9 Å². The number of nitrogens with zero attached hydrogens (tertiary/aromatic N) is 2. The number of pyridine rings is 1. The van der Waals surface area contributed by atoms with Gasteiger partial charge in [0.05, 0.1) is 7.11 Å². The Balaban J connectivity index is 1.40. The molecule has 2 unspecified atom stereocenters. The van der Waals surface area contributed by atoms with Gasteiger partial charge in [-0.25, -0.2) is 4.79 Å². The van der Waals surface area contributed by atoms with E-state index in [1.165, 1.54) is 18.4 Å². The molecule has 0 saturated carbocycles. The molecule has 2 bridgehead atoms. The van der Waals surface area contributed by atoms with Crippen LogP contribution in [0.15, 0.2) is 52.6 Å². The number of thiophene rings is 1. The van der Waals surface area contributed by atoms with Gasteiger partial charge in [0.15, 0.2) is 5.11 Å². The van der Waals surface area contributed by atoms with E-state index in [0.29, 0.717) is 28.1 Å². The molecule has 8 heteroatoms. The molecule has 2 aliphatic rings. The van der Waals surface area contributed by atoms with Crippen LogP contribution in [-0.4, -0.2) is 40.7 Å². The Labute approximate surface area is 201 Å². The molecule has 1 saturated heterocycles. The summed E-state index contributed by atoms with van der Waals surface area (Å²) in [5.41, 5.74) is 4.61. The maximum absolute atomic E-state index is 12.7. The van der Waals surface area contributed by atoms with Crippen molar-refractivity contribution in [3.05, 3.63) is 75.0 Å². The number of carbonyl (C=O) groups excluding carboxylic acids is 1. The molecule has 2 aliphatic heterocycles. The van der Waals surface area contributed by atoms with Crippen LogP contribution in [0.1, 0.15) is 34.0 Å². The Bertz CT molecular complexity index is 1280. The topological polar surface area (TPSA) is 63.6 Å². The monoisotopic (exact) mass is 479 g/mol. The lowest BCUT2D eigenvalue weighted by Gasteiger charge is -2.43. The summed E-state index contributed by atoms with van der Waals surface area (Å²) in [5.74, 6) is 0.237. The fourth-order valence-electron chi connectivity index (χ4n) is 4.94. The zero-order chi connectivity index (χ0) is 23.1. The normalized spacial score (nSPS) is 19.0. The predicted molar refractivity (Wildman–Crippen MR) is 135 cm³/mol. The van der Waals surface area contributed by atoms with Crippen LogP contribution < -0.4 is 10.9 Å². The summed E-state index contributed by atoms with van der Waals surface area (Å²) < 4.78 is 7.01. The van der Waals surface area contributed by atoms with E-state index in [0.717, 1.165) is 41.9 Å². The number of esters is 1. The van der Waals surface area contributed by atoms with Gasteiger partial charge < -0.3 is 19.5 Å². The van der Waals surface area contributed by atoms with Crippen LogP contribution in [0.2, 0.25) is 0 Å². The van der Waals surface area contributed by atoms with E-state index < -0.39 is 0 Å². The Kier molecular flexibility index (Phi) is 5.80. The summed E-state index contributed by atoms with van der Waals surface area (Å²) in [6.07, 6.45) is 1.06. The minimum absolute atomic E-state index is 0.0706. The van der Waals surface area contributed by atoms with E-state index >= 15 is 0 Å². The third kappa shape index (κ3) is 4.09. The van der Waals surface area contributed by atoms with Gasteiger partial charge >= 0.3 is 5.97 Å². The largest absolute Gasteiger partial charge is 0.465 e. The molecule has 1 N–H and O–H groups in total. The van der Waals surface area contributed by atoms with Crippen LogP contribution >= 0.6 is 23.6 Å². The van der Waals surface area contributed by atoms with Gasteiger partial charge in [-0.15, -0.1) is 11.3 Å². The molecule has 4 heterocycles. The summed E-state index contributed by atoms with van der Waals surface area (Å²) in [4.78, 5) is 27.2. The molecular formula is C25H25N3O3S2. The van der Waals surface area contributed by atoms with E-state index in [9.17, 15) is 9.59 Å². The van der Waals surface area contributed by atoms with Crippen molar-refractivity contribution < 1.29 is 9.53 Å². The fourth-order valence-corrected chi connectivity index (χ4v) is 6.21. The first kappa shape index (κ1) is 21.9. The predicted octanol–water partition coefficient (Wildman–Crippen LogP) is 4.49. The third-order valence-corrected chi connectivity index (χ3v) is 7.79. The lowest BCUT2D eigenvalue weighted by Crippen LogP contribution is -2.50. The summed E-state index contributed by atoms with van der Waals surface area (Å²) in [6.45, 7) is 4.28. The number of anilines is 1. The molecule has 0 spiro atoms. The van der Waals surface area contributed by atoms with Crippen molar-refractivity contribution in [2.45, 2.75) is 25.8 Å². The zero-order valence-electron chi connectivity index (χ0n) is 18.5. The number of hydrogen-bond donors (Lipinski definition) is 1. The van der Waals surface area contributed by atoms with Crippen LogP contribution in [-0.2, 0) is 11.3 Å². The molecule has 5 rings (SSSR count). The molecule has 1 aromatic carbocycles. The maximum Gasteiger partial charge on any atom is 0.341 e. The number of piperidine rings is 1. The minimum Gasteiger partial charge on any atom is -0.465 e. The summed E-state index contributed by atoms with van der Waals surface area (Å²) >= 11 is 7.24. The number of likely N-dealkylation sites (tertiary alicyclic amines) is 1. The first-order valence-electron chi connectivity index (χ1n) is 11.0. The van der Waals surface area contributed by atoms with Gasteiger partial charge in [0.25, 0.3) is 5.56 Å². The number of carbonyl (C=O) groups is 1. The molecule has 0 radical (unpaired) electrons. The second-order valence-electron chi connectivity index (χ2n) is 8.74. The van der Waals surface area contributed by atoms with Crippen LogP contribution in [0.5, 0.6) is 0 Å². The quantitative estimate of drug-likeness (QED) is 0.441. The second-order valence-corrected chi connectivity index (χ2v) is 10.0. The summed E-state index contributed by atoms with van der Waals surface area (Å²) in [6, 6.07) is 13.6. The molecule has 2 atom stereocenters. The lowest BCUT2D eigenvalue weighted by molar-refractivity contribution is 0.0603. The molecule has 2 aromatic heterocycles. The number of hydrogen-bond acceptors (Lipinski definition) is 5. The highest BCUT2D eigenvalue weighted by molar-refractivity contribution is 7.80. The number of rotatable bonds is 3. The average molecular weight is 480 g/mol. The van der Waals surface area contributed by atoms with Crippen molar-refractivity contribution in [1.29, 1.82) is 0 Å². The third-order valence-electron chi connectivity index (χ3n) is 6.53. The van der Waals surface area contributed by atoms with Gasteiger partial charge in [0.2, 0.25) is 0 Å². The SMILES string of the molecule is COC(=O)c1c(-c2ccc(C)cc2)csc1NC(=S)N1CC2CC(C1)c1cccc(=O)n1C2. The highest BCUT2D eigenvalue weighted by Crippen LogP contribution is 2.38. The summed E-state index contributed by atoms with van der Waals surface area (Å²) in [7, 11) is 1.40. The average Bonchev–Trinajstić information content (AvgIpc) is 3.23. The second kappa shape index (κ2) is 8.76. The Morgan fingerprint density at radius 3 is 2.70 bits per heavy atom. The number of methoxy groups -OCH3 is 1. The molecule has 0 aliphatic carbocycles. The standard InChI is InChI=1S/C25H25N3O3S2/c1-15-6-8-17(9-7-15)19-14-33-23(22(19)24(30)31-2)26-25(32)27-11-16-10-18(13-27)20-4-3-5-21(29)28(20)12-16/h3-9,14,16,18H,10-13H2,1-2H3,(H,26,32). The van der Waals surface area contributed by atoms with Crippen molar-refractivity contribution in [2.24, 2.45) is 5.92 Å². The van der Waals surface area contributed by atoms with Gasteiger partial charge in [0.1, 0.15) is 10.6 Å². The highest BCUT2D eigenvalue weighted by Gasteiger charge is 2.35. The number of aryl methyl sites for hydroxylation is 1. The van der Waals surface area contributed by atoms with E-state index in [-0.39, 0.29) is 17.4 Å². The van der Waals surface area contributed by atoms with Gasteiger partial charge in [0, 0.05) is 48.3 Å². The molecule has 0 amide bonds. The maximum atomic E-state index is 12.7. The molecule has 1 fully saturated rings. The number of aromatic nitrogens is 1. The van der Waals surface area contributed by atoms with E-state index in [1.54, 1.807) is 6.07 Å². The van der Waals surface area contributed by atoms with Crippen molar-refractivity contribution in [2.75, 3.05) is 25.5 Å². The smallest absolute Gasteiger partial charge is 0.341 e. The number of thiocarbonyl (C=S) groups is 1. The van der Waals surface area contributed by atoms with Gasteiger partial charge in [-0.3, -0.25) is 4.79 Å². The van der Waals surface area contributed by atoms with Crippen molar-refractivity contribution >= 4 is 39.6 Å². The molecule has 3 aromatic rings.